The largest absolute Gasteiger partial charge is 0.489 e. The standard InChI is InChI=1S/C25H27N3O4/c1-18-23(19(2)32-26-18)16-24(29)27-12-14-28(15-13-27)25(30)22-11-7-6-8-20(22)17-31-21-9-4-3-5-10-21/h3-11H,12-17H2,1-2H3. The summed E-state index contributed by atoms with van der Waals surface area (Å²) >= 11 is 0. The number of piperazine rings is 1. The normalized spacial score (nSPS) is 13.8. The smallest absolute Gasteiger partial charge is 0.254 e. The highest BCUT2D eigenvalue weighted by molar-refractivity contribution is 5.96. The average molecular weight is 434 g/mol. The minimum atomic E-state index is -0.0323. The van der Waals surface area contributed by atoms with Gasteiger partial charge in [0.1, 0.15) is 18.1 Å². The fourth-order valence-corrected chi connectivity index (χ4v) is 3.88. The van der Waals surface area contributed by atoms with Gasteiger partial charge in [-0.25, -0.2) is 0 Å². The number of ether oxygens (including phenoxy) is 1. The molecule has 3 aromatic rings. The van der Waals surface area contributed by atoms with Gasteiger partial charge in [-0.2, -0.15) is 0 Å². The summed E-state index contributed by atoms with van der Waals surface area (Å²) in [6, 6.07) is 17.1. The van der Waals surface area contributed by atoms with Crippen LogP contribution in [0, 0.1) is 13.8 Å². The zero-order valence-corrected chi connectivity index (χ0v) is 18.4. The molecule has 32 heavy (non-hydrogen) atoms. The van der Waals surface area contributed by atoms with E-state index in [1.807, 2.05) is 68.4 Å². The highest BCUT2D eigenvalue weighted by atomic mass is 16.5. The van der Waals surface area contributed by atoms with E-state index in [2.05, 4.69) is 5.16 Å². The third kappa shape index (κ3) is 4.82. The predicted molar refractivity (Wildman–Crippen MR) is 119 cm³/mol. The summed E-state index contributed by atoms with van der Waals surface area (Å²) in [6.07, 6.45) is 0.273. The fraction of sp³-hybridized carbons (Fsp3) is 0.320. The van der Waals surface area contributed by atoms with E-state index in [1.54, 1.807) is 9.80 Å². The number of hydrogen-bond donors (Lipinski definition) is 0. The number of carbonyl (C=O) groups excluding carboxylic acids is 2. The molecule has 2 heterocycles. The second-order valence-electron chi connectivity index (χ2n) is 7.91. The third-order valence-electron chi connectivity index (χ3n) is 5.81. The van der Waals surface area contributed by atoms with Crippen molar-refractivity contribution in [3.05, 3.63) is 82.7 Å². The van der Waals surface area contributed by atoms with Gasteiger partial charge in [0.25, 0.3) is 5.91 Å². The van der Waals surface area contributed by atoms with Crippen LogP contribution in [0.4, 0.5) is 0 Å². The number of carbonyl (C=O) groups is 2. The van der Waals surface area contributed by atoms with Crippen LogP contribution in [0.1, 0.15) is 32.9 Å². The highest BCUT2D eigenvalue weighted by Gasteiger charge is 2.27. The second-order valence-corrected chi connectivity index (χ2v) is 7.91. The van der Waals surface area contributed by atoms with Crippen molar-refractivity contribution in [3.8, 4) is 5.75 Å². The number of aromatic nitrogens is 1. The Bertz CT molecular complexity index is 1070. The van der Waals surface area contributed by atoms with E-state index in [-0.39, 0.29) is 18.2 Å². The lowest BCUT2D eigenvalue weighted by atomic mass is 10.1. The van der Waals surface area contributed by atoms with Crippen molar-refractivity contribution in [2.24, 2.45) is 0 Å². The molecule has 166 valence electrons. The van der Waals surface area contributed by atoms with Gasteiger partial charge in [0.15, 0.2) is 0 Å². The molecule has 0 aliphatic carbocycles. The van der Waals surface area contributed by atoms with Crippen LogP contribution in [-0.4, -0.2) is 52.9 Å². The summed E-state index contributed by atoms with van der Waals surface area (Å²) < 4.78 is 11.0. The summed E-state index contributed by atoms with van der Waals surface area (Å²) in [5, 5.41) is 3.92. The number of hydrogen-bond acceptors (Lipinski definition) is 5. The van der Waals surface area contributed by atoms with E-state index in [9.17, 15) is 9.59 Å². The average Bonchev–Trinajstić information content (AvgIpc) is 3.15. The number of rotatable bonds is 6. The van der Waals surface area contributed by atoms with Gasteiger partial charge in [-0.05, 0) is 32.0 Å². The Kier molecular flexibility index (Phi) is 6.54. The van der Waals surface area contributed by atoms with Crippen LogP contribution in [0.15, 0.2) is 59.1 Å². The number of aryl methyl sites for hydroxylation is 2. The van der Waals surface area contributed by atoms with Crippen molar-refractivity contribution in [2.45, 2.75) is 26.9 Å². The van der Waals surface area contributed by atoms with Crippen LogP contribution < -0.4 is 4.74 Å². The first-order valence-corrected chi connectivity index (χ1v) is 10.8. The van der Waals surface area contributed by atoms with Gasteiger partial charge in [-0.3, -0.25) is 9.59 Å². The minimum absolute atomic E-state index is 0.0307. The molecule has 0 radical (unpaired) electrons. The molecular weight excluding hydrogens is 406 g/mol. The molecule has 0 atom stereocenters. The SMILES string of the molecule is Cc1noc(C)c1CC(=O)N1CCN(C(=O)c2ccccc2COc2ccccc2)CC1. The van der Waals surface area contributed by atoms with Crippen LogP contribution in [0.3, 0.4) is 0 Å². The van der Waals surface area contributed by atoms with E-state index < -0.39 is 0 Å². The van der Waals surface area contributed by atoms with Gasteiger partial charge in [0.2, 0.25) is 5.91 Å². The number of benzene rings is 2. The van der Waals surface area contributed by atoms with Crippen LogP contribution in [0.25, 0.3) is 0 Å². The third-order valence-corrected chi connectivity index (χ3v) is 5.81. The molecule has 1 aliphatic heterocycles. The molecule has 0 bridgehead atoms. The molecule has 1 saturated heterocycles. The molecule has 0 spiro atoms. The van der Waals surface area contributed by atoms with Gasteiger partial charge in [-0.1, -0.05) is 41.6 Å². The van der Waals surface area contributed by atoms with E-state index in [0.717, 1.165) is 22.6 Å². The molecular formula is C25H27N3O4. The lowest BCUT2D eigenvalue weighted by Gasteiger charge is -2.35. The summed E-state index contributed by atoms with van der Waals surface area (Å²) in [4.78, 5) is 29.5. The Hall–Kier alpha value is -3.61. The predicted octanol–water partition coefficient (Wildman–Crippen LogP) is 3.40. The van der Waals surface area contributed by atoms with Crippen molar-refractivity contribution >= 4 is 11.8 Å². The van der Waals surface area contributed by atoms with Gasteiger partial charge < -0.3 is 19.1 Å². The molecule has 1 fully saturated rings. The van der Waals surface area contributed by atoms with Gasteiger partial charge >= 0.3 is 0 Å². The molecule has 0 N–H and O–H groups in total. The Balaban J connectivity index is 1.36. The van der Waals surface area contributed by atoms with Gasteiger partial charge in [0.05, 0.1) is 12.1 Å². The molecule has 1 aliphatic rings. The lowest BCUT2D eigenvalue weighted by Crippen LogP contribution is -2.51. The molecule has 4 rings (SSSR count). The quantitative estimate of drug-likeness (QED) is 0.596. The van der Waals surface area contributed by atoms with E-state index in [1.165, 1.54) is 0 Å². The molecule has 1 aromatic heterocycles. The number of nitrogens with zero attached hydrogens (tertiary/aromatic N) is 3. The zero-order chi connectivity index (χ0) is 22.5. The van der Waals surface area contributed by atoms with Crippen molar-refractivity contribution in [2.75, 3.05) is 26.2 Å². The Morgan fingerprint density at radius 3 is 2.28 bits per heavy atom. The summed E-state index contributed by atoms with van der Waals surface area (Å²) in [5.74, 6) is 1.44. The van der Waals surface area contributed by atoms with Crippen molar-refractivity contribution in [3.63, 3.8) is 0 Å². The maximum atomic E-state index is 13.2. The molecule has 7 heteroatoms. The summed E-state index contributed by atoms with van der Waals surface area (Å²) in [6.45, 7) is 6.00. The van der Waals surface area contributed by atoms with Crippen molar-refractivity contribution < 1.29 is 18.8 Å². The lowest BCUT2D eigenvalue weighted by molar-refractivity contribution is -0.131. The highest BCUT2D eigenvalue weighted by Crippen LogP contribution is 2.18. The van der Waals surface area contributed by atoms with Gasteiger partial charge in [-0.15, -0.1) is 0 Å². The summed E-state index contributed by atoms with van der Waals surface area (Å²) in [5.41, 5.74) is 3.08. The number of para-hydroxylation sites is 1. The number of amides is 2. The molecule has 2 aromatic carbocycles. The Morgan fingerprint density at radius 1 is 0.938 bits per heavy atom. The zero-order valence-electron chi connectivity index (χ0n) is 18.4. The fourth-order valence-electron chi connectivity index (χ4n) is 3.88. The molecule has 7 nitrogen and oxygen atoms in total. The van der Waals surface area contributed by atoms with E-state index in [0.29, 0.717) is 44.1 Å². The first-order valence-electron chi connectivity index (χ1n) is 10.8. The van der Waals surface area contributed by atoms with Gasteiger partial charge in [0, 0.05) is 42.9 Å². The van der Waals surface area contributed by atoms with E-state index >= 15 is 0 Å². The molecule has 0 saturated carbocycles. The molecule has 2 amide bonds. The van der Waals surface area contributed by atoms with Crippen LogP contribution in [0.5, 0.6) is 5.75 Å². The Labute approximate surface area is 187 Å². The first kappa shape index (κ1) is 21.6. The minimum Gasteiger partial charge on any atom is -0.489 e. The Morgan fingerprint density at radius 2 is 1.59 bits per heavy atom. The van der Waals surface area contributed by atoms with Crippen LogP contribution in [0.2, 0.25) is 0 Å². The molecule has 0 unspecified atom stereocenters. The first-order chi connectivity index (χ1) is 15.5. The van der Waals surface area contributed by atoms with Crippen molar-refractivity contribution in [1.82, 2.24) is 15.0 Å². The van der Waals surface area contributed by atoms with E-state index in [4.69, 9.17) is 9.26 Å². The van der Waals surface area contributed by atoms with Crippen LogP contribution >= 0.6 is 0 Å². The maximum Gasteiger partial charge on any atom is 0.254 e. The second kappa shape index (κ2) is 9.68. The van der Waals surface area contributed by atoms with Crippen LogP contribution in [-0.2, 0) is 17.8 Å². The van der Waals surface area contributed by atoms with Crippen molar-refractivity contribution in [1.29, 1.82) is 0 Å². The maximum absolute atomic E-state index is 13.2. The topological polar surface area (TPSA) is 75.9 Å². The monoisotopic (exact) mass is 433 g/mol. The summed E-state index contributed by atoms with van der Waals surface area (Å²) in [7, 11) is 0.